The first kappa shape index (κ1) is 13.7. The molecule has 0 aliphatic heterocycles. The minimum absolute atomic E-state index is 0.260. The van der Waals surface area contributed by atoms with Gasteiger partial charge in [0.25, 0.3) is 0 Å². The summed E-state index contributed by atoms with van der Waals surface area (Å²) in [6.07, 6.45) is 6.84. The zero-order valence-electron chi connectivity index (χ0n) is 11.6. The van der Waals surface area contributed by atoms with E-state index < -0.39 is 0 Å². The first-order valence-electron chi connectivity index (χ1n) is 7.15. The van der Waals surface area contributed by atoms with Gasteiger partial charge < -0.3 is 10.5 Å². The third kappa shape index (κ3) is 2.62. The van der Waals surface area contributed by atoms with Crippen molar-refractivity contribution in [3.8, 4) is 5.75 Å². The molecule has 2 atom stereocenters. The van der Waals surface area contributed by atoms with E-state index in [0.29, 0.717) is 11.6 Å². The maximum atomic E-state index is 6.28. The Balaban J connectivity index is 2.01. The fourth-order valence-electron chi connectivity index (χ4n) is 2.90. The molecule has 2 aromatic rings. The summed E-state index contributed by atoms with van der Waals surface area (Å²) in [5.41, 5.74) is 7.63. The highest BCUT2D eigenvalue weighted by atomic mass is 79.9. The summed E-state index contributed by atoms with van der Waals surface area (Å²) in [5.74, 6) is 1.37. The van der Waals surface area contributed by atoms with Gasteiger partial charge >= 0.3 is 0 Å². The van der Waals surface area contributed by atoms with E-state index in [2.05, 4.69) is 27.8 Å². The zero-order valence-corrected chi connectivity index (χ0v) is 13.2. The number of pyridine rings is 1. The number of aromatic nitrogens is 1. The van der Waals surface area contributed by atoms with E-state index in [0.717, 1.165) is 27.5 Å². The molecule has 2 N–H and O–H groups in total. The van der Waals surface area contributed by atoms with Crippen molar-refractivity contribution < 1.29 is 4.74 Å². The Hall–Kier alpha value is -1.29. The van der Waals surface area contributed by atoms with Gasteiger partial charge in [-0.25, -0.2) is 0 Å². The van der Waals surface area contributed by atoms with Crippen LogP contribution in [0.2, 0.25) is 0 Å². The molecule has 4 heteroatoms. The molecule has 0 radical (unpaired) electrons. The van der Waals surface area contributed by atoms with Crippen LogP contribution in [0.4, 0.5) is 5.69 Å². The normalized spacial score (nSPS) is 22.9. The summed E-state index contributed by atoms with van der Waals surface area (Å²) in [4.78, 5) is 4.37. The second-order valence-electron chi connectivity index (χ2n) is 5.62. The summed E-state index contributed by atoms with van der Waals surface area (Å²) < 4.78 is 7.29. The molecule has 0 bridgehead atoms. The van der Waals surface area contributed by atoms with Gasteiger partial charge in [0.15, 0.2) is 5.75 Å². The van der Waals surface area contributed by atoms with Gasteiger partial charge in [-0.3, -0.25) is 4.98 Å². The Kier molecular flexibility index (Phi) is 3.83. The fourth-order valence-corrected chi connectivity index (χ4v) is 3.26. The Morgan fingerprint density at radius 1 is 1.30 bits per heavy atom. The summed E-state index contributed by atoms with van der Waals surface area (Å²) >= 11 is 3.50. The summed E-state index contributed by atoms with van der Waals surface area (Å²) in [6.45, 7) is 2.26. The van der Waals surface area contributed by atoms with Gasteiger partial charge in [-0.2, -0.15) is 0 Å². The molecule has 1 aliphatic rings. The quantitative estimate of drug-likeness (QED) is 0.877. The highest BCUT2D eigenvalue weighted by Gasteiger charge is 2.24. The molecule has 3 nitrogen and oxygen atoms in total. The zero-order chi connectivity index (χ0) is 14.1. The molecular weight excluding hydrogens is 316 g/mol. The predicted molar refractivity (Wildman–Crippen MR) is 85.9 cm³/mol. The van der Waals surface area contributed by atoms with E-state index >= 15 is 0 Å². The summed E-state index contributed by atoms with van der Waals surface area (Å²) in [7, 11) is 0. The minimum Gasteiger partial charge on any atom is -0.487 e. The van der Waals surface area contributed by atoms with Gasteiger partial charge in [-0.15, -0.1) is 0 Å². The molecule has 106 valence electrons. The maximum Gasteiger partial charge on any atom is 0.153 e. The molecule has 2 unspecified atom stereocenters. The number of nitrogens with zero attached hydrogens (tertiary/aromatic N) is 1. The van der Waals surface area contributed by atoms with E-state index in [9.17, 15) is 0 Å². The number of anilines is 1. The lowest BCUT2D eigenvalue weighted by Gasteiger charge is -2.30. The molecule has 1 saturated carbocycles. The third-order valence-electron chi connectivity index (χ3n) is 4.11. The van der Waals surface area contributed by atoms with Gasteiger partial charge in [0.2, 0.25) is 0 Å². The second kappa shape index (κ2) is 5.60. The standard InChI is InChI=1S/C16H19BrN2O/c1-10-4-2-3-5-15(10)20-16-12-8-11(17)6-7-14(12)19-9-13(16)18/h6-10,15H,2-5,18H2,1H3. The highest BCUT2D eigenvalue weighted by molar-refractivity contribution is 9.10. The van der Waals surface area contributed by atoms with Crippen LogP contribution in [0.15, 0.2) is 28.9 Å². The summed E-state index contributed by atoms with van der Waals surface area (Å²) in [6, 6.07) is 6.00. The lowest BCUT2D eigenvalue weighted by Crippen LogP contribution is -2.28. The average molecular weight is 335 g/mol. The maximum absolute atomic E-state index is 6.28. The number of rotatable bonds is 2. The number of nitrogens with two attached hydrogens (primary N) is 1. The molecule has 1 heterocycles. The highest BCUT2D eigenvalue weighted by Crippen LogP contribution is 2.36. The lowest BCUT2D eigenvalue weighted by atomic mass is 9.88. The van der Waals surface area contributed by atoms with Crippen molar-refractivity contribution in [2.24, 2.45) is 5.92 Å². The number of benzene rings is 1. The van der Waals surface area contributed by atoms with E-state index in [1.165, 1.54) is 19.3 Å². The van der Waals surface area contributed by atoms with Crippen LogP contribution in [-0.4, -0.2) is 11.1 Å². The van der Waals surface area contributed by atoms with Crippen LogP contribution in [0.25, 0.3) is 10.9 Å². The molecule has 3 rings (SSSR count). The van der Waals surface area contributed by atoms with Gasteiger partial charge in [-0.05, 0) is 43.4 Å². The van der Waals surface area contributed by atoms with Crippen molar-refractivity contribution >= 4 is 32.5 Å². The smallest absolute Gasteiger partial charge is 0.153 e. The van der Waals surface area contributed by atoms with Crippen LogP contribution >= 0.6 is 15.9 Å². The average Bonchev–Trinajstić information content (AvgIpc) is 2.44. The largest absolute Gasteiger partial charge is 0.487 e. The Morgan fingerprint density at radius 2 is 2.10 bits per heavy atom. The number of hydrogen-bond donors (Lipinski definition) is 1. The number of hydrogen-bond acceptors (Lipinski definition) is 3. The van der Waals surface area contributed by atoms with E-state index in [1.54, 1.807) is 6.20 Å². The Labute approximate surface area is 127 Å². The van der Waals surface area contributed by atoms with Crippen LogP contribution in [0, 0.1) is 5.92 Å². The Bertz CT molecular complexity index is 624. The molecule has 1 fully saturated rings. The van der Waals surface area contributed by atoms with E-state index in [4.69, 9.17) is 10.5 Å². The molecule has 1 aliphatic carbocycles. The topological polar surface area (TPSA) is 48.1 Å². The molecule has 1 aromatic carbocycles. The van der Waals surface area contributed by atoms with Crippen molar-refractivity contribution in [2.75, 3.05) is 5.73 Å². The monoisotopic (exact) mass is 334 g/mol. The third-order valence-corrected chi connectivity index (χ3v) is 4.60. The van der Waals surface area contributed by atoms with Crippen molar-refractivity contribution in [2.45, 2.75) is 38.7 Å². The molecule has 1 aromatic heterocycles. The first-order chi connectivity index (χ1) is 9.65. The van der Waals surface area contributed by atoms with Gasteiger partial charge in [0, 0.05) is 9.86 Å². The number of fused-ring (bicyclic) bond motifs is 1. The molecule has 0 amide bonds. The molecular formula is C16H19BrN2O. The number of halogens is 1. The number of ether oxygens (including phenoxy) is 1. The van der Waals surface area contributed by atoms with Crippen LogP contribution < -0.4 is 10.5 Å². The molecule has 0 saturated heterocycles. The van der Waals surface area contributed by atoms with Crippen LogP contribution in [0.5, 0.6) is 5.75 Å². The van der Waals surface area contributed by atoms with Crippen LogP contribution in [0.3, 0.4) is 0 Å². The summed E-state index contributed by atoms with van der Waals surface area (Å²) in [5, 5.41) is 0.983. The fraction of sp³-hybridized carbons (Fsp3) is 0.438. The van der Waals surface area contributed by atoms with Gasteiger partial charge in [0.1, 0.15) is 6.10 Å². The second-order valence-corrected chi connectivity index (χ2v) is 6.54. The van der Waals surface area contributed by atoms with Crippen molar-refractivity contribution in [1.82, 2.24) is 4.98 Å². The van der Waals surface area contributed by atoms with Crippen molar-refractivity contribution in [3.05, 3.63) is 28.9 Å². The SMILES string of the molecule is CC1CCCCC1Oc1c(N)cnc2ccc(Br)cc12. The van der Waals surface area contributed by atoms with Crippen molar-refractivity contribution in [3.63, 3.8) is 0 Å². The van der Waals surface area contributed by atoms with Gasteiger partial charge in [-0.1, -0.05) is 29.3 Å². The van der Waals surface area contributed by atoms with E-state index in [1.807, 2.05) is 18.2 Å². The van der Waals surface area contributed by atoms with Crippen LogP contribution in [0.1, 0.15) is 32.6 Å². The van der Waals surface area contributed by atoms with Crippen molar-refractivity contribution in [1.29, 1.82) is 0 Å². The number of nitrogen functional groups attached to an aromatic ring is 1. The minimum atomic E-state index is 0.260. The van der Waals surface area contributed by atoms with Gasteiger partial charge in [0.05, 0.1) is 17.4 Å². The van der Waals surface area contributed by atoms with E-state index in [-0.39, 0.29) is 6.10 Å². The lowest BCUT2D eigenvalue weighted by molar-refractivity contribution is 0.105. The molecule has 0 spiro atoms. The molecule has 20 heavy (non-hydrogen) atoms. The van der Waals surface area contributed by atoms with Crippen LogP contribution in [-0.2, 0) is 0 Å². The Morgan fingerprint density at radius 3 is 2.90 bits per heavy atom. The predicted octanol–water partition coefficient (Wildman–Crippen LogP) is 4.54. The first-order valence-corrected chi connectivity index (χ1v) is 7.95.